The molecule has 0 N–H and O–H groups in total. The van der Waals surface area contributed by atoms with E-state index in [9.17, 15) is 0 Å². The van der Waals surface area contributed by atoms with Gasteiger partial charge in [-0.2, -0.15) is 0 Å². The molecule has 0 amide bonds. The van der Waals surface area contributed by atoms with Gasteiger partial charge in [-0.25, -0.2) is 0 Å². The molecule has 1 aromatic carbocycles. The summed E-state index contributed by atoms with van der Waals surface area (Å²) in [6.07, 6.45) is 2.38. The molecule has 19 heavy (non-hydrogen) atoms. The molecule has 1 atom stereocenters. The highest BCUT2D eigenvalue weighted by Gasteiger charge is 2.16. The van der Waals surface area contributed by atoms with Crippen LogP contribution in [0.1, 0.15) is 30.7 Å². The fourth-order valence-corrected chi connectivity index (χ4v) is 2.38. The zero-order valence-electron chi connectivity index (χ0n) is 12.3. The number of likely N-dealkylation sites (N-methyl/N-ethyl adjacent to an activating group) is 1. The molecular weight excluding hydrogens is 262 g/mol. The molecule has 0 radical (unpaired) electrons. The molecule has 3 nitrogen and oxygen atoms in total. The average molecular weight is 286 g/mol. The van der Waals surface area contributed by atoms with Crippen molar-refractivity contribution in [2.75, 3.05) is 34.4 Å². The Morgan fingerprint density at radius 2 is 2.00 bits per heavy atom. The van der Waals surface area contributed by atoms with Gasteiger partial charge >= 0.3 is 0 Å². The van der Waals surface area contributed by atoms with E-state index in [2.05, 4.69) is 18.9 Å². The summed E-state index contributed by atoms with van der Waals surface area (Å²) < 4.78 is 10.6. The van der Waals surface area contributed by atoms with Crippen LogP contribution < -0.4 is 9.47 Å². The molecule has 0 saturated heterocycles. The summed E-state index contributed by atoms with van der Waals surface area (Å²) in [6, 6.07) is 5.73. The van der Waals surface area contributed by atoms with Gasteiger partial charge in [0.1, 0.15) is 11.5 Å². The Morgan fingerprint density at radius 3 is 2.58 bits per heavy atom. The fraction of sp³-hybridized carbons (Fsp3) is 0.600. The topological polar surface area (TPSA) is 21.7 Å². The minimum atomic E-state index is -0.105. The molecule has 0 heterocycles. The molecule has 1 aromatic rings. The summed E-state index contributed by atoms with van der Waals surface area (Å²) in [5.74, 6) is 1.61. The number of ether oxygens (including phenoxy) is 2. The molecule has 0 aliphatic carbocycles. The minimum Gasteiger partial charge on any atom is -0.497 e. The van der Waals surface area contributed by atoms with Gasteiger partial charge in [0.2, 0.25) is 0 Å². The third-order valence-corrected chi connectivity index (χ3v) is 3.51. The Hall–Kier alpha value is -0.930. The smallest absolute Gasteiger partial charge is 0.123 e. The fourth-order valence-electron chi connectivity index (χ4n) is 1.98. The molecule has 0 saturated carbocycles. The van der Waals surface area contributed by atoms with Crippen molar-refractivity contribution in [2.45, 2.75) is 25.1 Å². The van der Waals surface area contributed by atoms with Gasteiger partial charge in [0.15, 0.2) is 0 Å². The highest BCUT2D eigenvalue weighted by atomic mass is 35.5. The van der Waals surface area contributed by atoms with E-state index in [4.69, 9.17) is 21.1 Å². The molecule has 0 bridgehead atoms. The van der Waals surface area contributed by atoms with Crippen molar-refractivity contribution in [3.8, 4) is 11.5 Å². The quantitative estimate of drug-likeness (QED) is 0.680. The monoisotopic (exact) mass is 285 g/mol. The summed E-state index contributed by atoms with van der Waals surface area (Å²) >= 11 is 6.52. The number of hydrogen-bond donors (Lipinski definition) is 0. The van der Waals surface area contributed by atoms with Crippen LogP contribution >= 0.6 is 11.6 Å². The molecule has 1 rings (SSSR count). The van der Waals surface area contributed by atoms with Crippen molar-refractivity contribution in [3.63, 3.8) is 0 Å². The first-order valence-corrected chi connectivity index (χ1v) is 7.10. The number of halogens is 1. The maximum atomic E-state index is 6.52. The summed E-state index contributed by atoms with van der Waals surface area (Å²) in [5, 5.41) is -0.105. The molecule has 0 aliphatic rings. The number of alkyl halides is 1. The SMILES string of the molecule is CCCCN(C)CC(Cl)c1cc(OC)ccc1OC. The molecule has 1 unspecified atom stereocenters. The second-order valence-corrected chi connectivity index (χ2v) is 5.22. The molecule has 4 heteroatoms. The lowest BCUT2D eigenvalue weighted by molar-refractivity contribution is 0.324. The van der Waals surface area contributed by atoms with Crippen molar-refractivity contribution in [1.29, 1.82) is 0 Å². The molecule has 108 valence electrons. The minimum absolute atomic E-state index is 0.105. The highest BCUT2D eigenvalue weighted by Crippen LogP contribution is 2.33. The van der Waals surface area contributed by atoms with E-state index in [1.807, 2.05) is 18.2 Å². The Balaban J connectivity index is 2.76. The summed E-state index contributed by atoms with van der Waals surface area (Å²) in [6.45, 7) is 4.05. The van der Waals surface area contributed by atoms with Crippen LogP contribution in [0.2, 0.25) is 0 Å². The van der Waals surface area contributed by atoms with Gasteiger partial charge < -0.3 is 14.4 Å². The van der Waals surface area contributed by atoms with E-state index >= 15 is 0 Å². The number of unbranched alkanes of at least 4 members (excludes halogenated alkanes) is 1. The molecule has 0 aliphatic heterocycles. The van der Waals surface area contributed by atoms with Crippen molar-refractivity contribution >= 4 is 11.6 Å². The van der Waals surface area contributed by atoms with E-state index in [-0.39, 0.29) is 5.38 Å². The van der Waals surface area contributed by atoms with E-state index in [1.54, 1.807) is 14.2 Å². The van der Waals surface area contributed by atoms with Crippen LogP contribution in [-0.4, -0.2) is 39.3 Å². The predicted octanol–water partition coefficient (Wildman–Crippen LogP) is 3.72. The van der Waals surface area contributed by atoms with Gasteiger partial charge in [-0.15, -0.1) is 11.6 Å². The van der Waals surface area contributed by atoms with Gasteiger partial charge in [0, 0.05) is 12.1 Å². The first-order valence-electron chi connectivity index (χ1n) is 6.66. The lowest BCUT2D eigenvalue weighted by Gasteiger charge is -2.21. The van der Waals surface area contributed by atoms with Crippen molar-refractivity contribution in [3.05, 3.63) is 23.8 Å². The maximum absolute atomic E-state index is 6.52. The number of methoxy groups -OCH3 is 2. The summed E-state index contributed by atoms with van der Waals surface area (Å²) in [5.41, 5.74) is 0.979. The van der Waals surface area contributed by atoms with Crippen molar-refractivity contribution in [1.82, 2.24) is 4.90 Å². The van der Waals surface area contributed by atoms with E-state index in [1.165, 1.54) is 12.8 Å². The Bertz CT molecular complexity index is 384. The predicted molar refractivity (Wildman–Crippen MR) is 80.5 cm³/mol. The molecule has 0 aromatic heterocycles. The first-order chi connectivity index (χ1) is 9.12. The number of nitrogens with zero attached hydrogens (tertiary/aromatic N) is 1. The third-order valence-electron chi connectivity index (χ3n) is 3.14. The van der Waals surface area contributed by atoms with Crippen molar-refractivity contribution in [2.24, 2.45) is 0 Å². The zero-order chi connectivity index (χ0) is 14.3. The second kappa shape index (κ2) is 8.28. The van der Waals surface area contributed by atoms with Crippen LogP contribution in [0.4, 0.5) is 0 Å². The lowest BCUT2D eigenvalue weighted by atomic mass is 10.1. The summed E-state index contributed by atoms with van der Waals surface area (Å²) in [4.78, 5) is 2.25. The lowest BCUT2D eigenvalue weighted by Crippen LogP contribution is -2.24. The zero-order valence-corrected chi connectivity index (χ0v) is 13.0. The van der Waals surface area contributed by atoms with Gasteiger partial charge in [-0.1, -0.05) is 13.3 Å². The third kappa shape index (κ3) is 4.92. The van der Waals surface area contributed by atoms with E-state index in [0.29, 0.717) is 0 Å². The second-order valence-electron chi connectivity index (χ2n) is 4.69. The number of hydrogen-bond acceptors (Lipinski definition) is 3. The van der Waals surface area contributed by atoms with E-state index in [0.717, 1.165) is 30.2 Å². The van der Waals surface area contributed by atoms with Crippen LogP contribution in [0.15, 0.2) is 18.2 Å². The average Bonchev–Trinajstić information content (AvgIpc) is 2.44. The van der Waals surface area contributed by atoms with Crippen LogP contribution in [0.25, 0.3) is 0 Å². The number of benzene rings is 1. The van der Waals surface area contributed by atoms with Gasteiger partial charge in [-0.05, 0) is 38.2 Å². The van der Waals surface area contributed by atoms with Gasteiger partial charge in [0.05, 0.1) is 19.6 Å². The standard InChI is InChI=1S/C15H24ClNO2/c1-5-6-9-17(2)11-14(16)13-10-12(18-3)7-8-15(13)19-4/h7-8,10,14H,5-6,9,11H2,1-4H3. The van der Waals surface area contributed by atoms with Gasteiger partial charge in [-0.3, -0.25) is 0 Å². The molecule has 0 spiro atoms. The van der Waals surface area contributed by atoms with Crippen molar-refractivity contribution < 1.29 is 9.47 Å². The largest absolute Gasteiger partial charge is 0.497 e. The van der Waals surface area contributed by atoms with Crippen LogP contribution in [0, 0.1) is 0 Å². The maximum Gasteiger partial charge on any atom is 0.123 e. The molecule has 0 fully saturated rings. The Labute approximate surface area is 121 Å². The highest BCUT2D eigenvalue weighted by molar-refractivity contribution is 6.21. The van der Waals surface area contributed by atoms with E-state index < -0.39 is 0 Å². The first kappa shape index (κ1) is 16.1. The van der Waals surface area contributed by atoms with Crippen LogP contribution in [-0.2, 0) is 0 Å². The van der Waals surface area contributed by atoms with Gasteiger partial charge in [0.25, 0.3) is 0 Å². The van der Waals surface area contributed by atoms with Crippen LogP contribution in [0.5, 0.6) is 11.5 Å². The van der Waals surface area contributed by atoms with Crippen LogP contribution in [0.3, 0.4) is 0 Å². The summed E-state index contributed by atoms with van der Waals surface area (Å²) in [7, 11) is 5.41. The molecular formula is C15H24ClNO2. The normalized spacial score (nSPS) is 12.5. The number of rotatable bonds is 8. The Kier molecular flexibility index (Phi) is 7.03. The Morgan fingerprint density at radius 1 is 1.26 bits per heavy atom.